The molecule has 0 aliphatic rings. The van der Waals surface area contributed by atoms with Crippen molar-refractivity contribution in [3.63, 3.8) is 0 Å². The summed E-state index contributed by atoms with van der Waals surface area (Å²) >= 11 is 9.04. The van der Waals surface area contributed by atoms with Crippen LogP contribution in [-0.4, -0.2) is 22.7 Å². The number of ether oxygens (including phenoxy) is 1. The van der Waals surface area contributed by atoms with Gasteiger partial charge in [-0.15, -0.1) is 10.2 Å². The molecule has 3 rings (SSSR count). The molecule has 0 aliphatic heterocycles. The molecule has 0 bridgehead atoms. The summed E-state index contributed by atoms with van der Waals surface area (Å²) in [5.41, 5.74) is 1.52. The summed E-state index contributed by atoms with van der Waals surface area (Å²) in [5, 5.41) is 12.2. The lowest BCUT2D eigenvalue weighted by molar-refractivity contribution is 0.102. The molecule has 5 nitrogen and oxygen atoms in total. The Morgan fingerprint density at radius 2 is 1.96 bits per heavy atom. The summed E-state index contributed by atoms with van der Waals surface area (Å²) in [7, 11) is 0. The minimum Gasteiger partial charge on any atom is -0.493 e. The Morgan fingerprint density at radius 3 is 2.79 bits per heavy atom. The first kappa shape index (κ1) is 20.6. The van der Waals surface area contributed by atoms with Crippen molar-refractivity contribution in [2.45, 2.75) is 29.9 Å². The number of hydrogen-bond acceptors (Lipinski definition) is 6. The van der Waals surface area contributed by atoms with Gasteiger partial charge in [0.2, 0.25) is 5.13 Å². The largest absolute Gasteiger partial charge is 0.493 e. The molecule has 1 heterocycles. The monoisotopic (exact) mass is 433 g/mol. The summed E-state index contributed by atoms with van der Waals surface area (Å²) in [6, 6.07) is 14.9. The van der Waals surface area contributed by atoms with E-state index in [-0.39, 0.29) is 5.91 Å². The minimum atomic E-state index is -0.258. The quantitative estimate of drug-likeness (QED) is 0.258. The van der Waals surface area contributed by atoms with E-state index < -0.39 is 0 Å². The number of carbonyl (C=O) groups excluding carboxylic acids is 1. The fourth-order valence-electron chi connectivity index (χ4n) is 2.34. The fraction of sp³-hybridized carbons (Fsp3) is 0.250. The predicted molar refractivity (Wildman–Crippen MR) is 116 cm³/mol. The Bertz CT molecular complexity index is 933. The summed E-state index contributed by atoms with van der Waals surface area (Å²) < 4.78 is 6.50. The lowest BCUT2D eigenvalue weighted by Gasteiger charge is -2.10. The van der Waals surface area contributed by atoms with Crippen molar-refractivity contribution in [3.05, 3.63) is 64.7 Å². The third-order valence-electron chi connectivity index (χ3n) is 3.82. The van der Waals surface area contributed by atoms with E-state index in [0.717, 1.165) is 27.8 Å². The number of para-hydroxylation sites is 1. The van der Waals surface area contributed by atoms with Crippen molar-refractivity contribution in [2.75, 3.05) is 11.9 Å². The molecular formula is C20H20ClN3O2S2. The molecule has 0 unspecified atom stereocenters. The van der Waals surface area contributed by atoms with Gasteiger partial charge >= 0.3 is 0 Å². The number of hydrogen-bond donors (Lipinski definition) is 1. The standard InChI is InChI=1S/C20H20ClN3O2S2/c1-2-3-12-26-17-11-7-5-9-15(17)18(25)22-19-23-24-20(28-19)27-13-14-8-4-6-10-16(14)21/h4-11H,2-3,12-13H2,1H3,(H,22,23,25). The molecule has 0 aliphatic carbocycles. The Morgan fingerprint density at radius 1 is 1.18 bits per heavy atom. The van der Waals surface area contributed by atoms with Crippen LogP contribution >= 0.6 is 34.7 Å². The molecule has 1 aromatic heterocycles. The molecule has 1 amide bonds. The molecule has 3 aromatic rings. The van der Waals surface area contributed by atoms with Crippen molar-refractivity contribution in [1.29, 1.82) is 0 Å². The normalized spacial score (nSPS) is 10.6. The molecule has 28 heavy (non-hydrogen) atoms. The molecule has 0 saturated heterocycles. The summed E-state index contributed by atoms with van der Waals surface area (Å²) in [4.78, 5) is 12.6. The molecule has 0 spiro atoms. The van der Waals surface area contributed by atoms with Gasteiger partial charge in [0, 0.05) is 10.8 Å². The number of anilines is 1. The van der Waals surface area contributed by atoms with Gasteiger partial charge in [-0.1, -0.05) is 78.4 Å². The zero-order valence-corrected chi connectivity index (χ0v) is 17.7. The van der Waals surface area contributed by atoms with Crippen LogP contribution in [0.5, 0.6) is 5.75 Å². The van der Waals surface area contributed by atoms with E-state index in [1.54, 1.807) is 12.1 Å². The zero-order valence-electron chi connectivity index (χ0n) is 15.4. The number of amides is 1. The number of unbranched alkanes of at least 4 members (excludes halogenated alkanes) is 1. The maximum atomic E-state index is 12.6. The first-order chi connectivity index (χ1) is 13.7. The molecule has 0 fully saturated rings. The van der Waals surface area contributed by atoms with E-state index in [1.165, 1.54) is 23.1 Å². The van der Waals surface area contributed by atoms with Gasteiger partial charge in [-0.3, -0.25) is 10.1 Å². The topological polar surface area (TPSA) is 64.1 Å². The lowest BCUT2D eigenvalue weighted by atomic mass is 10.2. The highest BCUT2D eigenvalue weighted by atomic mass is 35.5. The van der Waals surface area contributed by atoms with Crippen LogP contribution in [0.25, 0.3) is 0 Å². The van der Waals surface area contributed by atoms with Crippen LogP contribution in [0.2, 0.25) is 5.02 Å². The zero-order chi connectivity index (χ0) is 19.8. The van der Waals surface area contributed by atoms with Gasteiger partial charge < -0.3 is 4.74 Å². The second-order valence-electron chi connectivity index (χ2n) is 5.91. The van der Waals surface area contributed by atoms with E-state index in [1.807, 2.05) is 36.4 Å². The number of carbonyl (C=O) groups is 1. The van der Waals surface area contributed by atoms with Crippen LogP contribution in [0.15, 0.2) is 52.9 Å². The van der Waals surface area contributed by atoms with Crippen LogP contribution in [0.4, 0.5) is 5.13 Å². The Balaban J connectivity index is 1.60. The number of nitrogens with one attached hydrogen (secondary N) is 1. The number of aromatic nitrogens is 2. The molecule has 0 radical (unpaired) electrons. The third-order valence-corrected chi connectivity index (χ3v) is 6.21. The average molecular weight is 434 g/mol. The Kier molecular flexibility index (Phi) is 7.71. The molecule has 1 N–H and O–H groups in total. The van der Waals surface area contributed by atoms with E-state index in [0.29, 0.717) is 28.8 Å². The van der Waals surface area contributed by atoms with Gasteiger partial charge in [0.05, 0.1) is 12.2 Å². The molecule has 146 valence electrons. The van der Waals surface area contributed by atoms with Crippen molar-refractivity contribution >= 4 is 45.7 Å². The molecule has 0 saturated carbocycles. The number of halogens is 1. The fourth-order valence-corrected chi connectivity index (χ4v) is 4.38. The predicted octanol–water partition coefficient (Wildman–Crippen LogP) is 5.92. The third kappa shape index (κ3) is 5.70. The van der Waals surface area contributed by atoms with Gasteiger partial charge in [0.25, 0.3) is 5.91 Å². The summed E-state index contributed by atoms with van der Waals surface area (Å²) in [5.74, 6) is 1.01. The number of benzene rings is 2. The molecule has 0 atom stereocenters. The number of thioether (sulfide) groups is 1. The maximum absolute atomic E-state index is 12.6. The van der Waals surface area contributed by atoms with Crippen LogP contribution in [0, 0.1) is 0 Å². The Labute approximate surface area is 177 Å². The van der Waals surface area contributed by atoms with Gasteiger partial charge in [0.15, 0.2) is 4.34 Å². The first-order valence-electron chi connectivity index (χ1n) is 8.90. The van der Waals surface area contributed by atoms with Crippen LogP contribution < -0.4 is 10.1 Å². The van der Waals surface area contributed by atoms with Crippen LogP contribution in [0.1, 0.15) is 35.7 Å². The van der Waals surface area contributed by atoms with E-state index in [9.17, 15) is 4.79 Å². The molecule has 2 aromatic carbocycles. The lowest BCUT2D eigenvalue weighted by Crippen LogP contribution is -2.13. The van der Waals surface area contributed by atoms with E-state index >= 15 is 0 Å². The number of nitrogens with zero attached hydrogens (tertiary/aromatic N) is 2. The number of rotatable bonds is 9. The van der Waals surface area contributed by atoms with Crippen molar-refractivity contribution in [3.8, 4) is 5.75 Å². The van der Waals surface area contributed by atoms with Gasteiger partial charge in [-0.05, 0) is 30.2 Å². The van der Waals surface area contributed by atoms with Gasteiger partial charge in [0.1, 0.15) is 5.75 Å². The van der Waals surface area contributed by atoms with Crippen molar-refractivity contribution < 1.29 is 9.53 Å². The second-order valence-corrected chi connectivity index (χ2v) is 8.51. The summed E-state index contributed by atoms with van der Waals surface area (Å²) in [6.45, 7) is 2.68. The Hall–Kier alpha value is -2.09. The van der Waals surface area contributed by atoms with Gasteiger partial charge in [-0.2, -0.15) is 0 Å². The van der Waals surface area contributed by atoms with Crippen LogP contribution in [-0.2, 0) is 5.75 Å². The van der Waals surface area contributed by atoms with Crippen molar-refractivity contribution in [2.24, 2.45) is 0 Å². The highest BCUT2D eigenvalue weighted by molar-refractivity contribution is 8.00. The first-order valence-corrected chi connectivity index (χ1v) is 11.1. The van der Waals surface area contributed by atoms with E-state index in [2.05, 4.69) is 22.4 Å². The molecule has 8 heteroatoms. The van der Waals surface area contributed by atoms with Gasteiger partial charge in [-0.25, -0.2) is 0 Å². The van der Waals surface area contributed by atoms with Crippen LogP contribution in [0.3, 0.4) is 0 Å². The minimum absolute atomic E-state index is 0.258. The highest BCUT2D eigenvalue weighted by Crippen LogP contribution is 2.31. The highest BCUT2D eigenvalue weighted by Gasteiger charge is 2.15. The average Bonchev–Trinajstić information content (AvgIpc) is 3.15. The smallest absolute Gasteiger partial charge is 0.261 e. The van der Waals surface area contributed by atoms with Crippen molar-refractivity contribution in [1.82, 2.24) is 10.2 Å². The maximum Gasteiger partial charge on any atom is 0.261 e. The SMILES string of the molecule is CCCCOc1ccccc1C(=O)Nc1nnc(SCc2ccccc2Cl)s1. The summed E-state index contributed by atoms with van der Waals surface area (Å²) in [6.07, 6.45) is 1.98. The van der Waals surface area contributed by atoms with E-state index in [4.69, 9.17) is 16.3 Å². The molecular weight excluding hydrogens is 414 g/mol. The second kappa shape index (κ2) is 10.5.